The van der Waals surface area contributed by atoms with Crippen LogP contribution in [0.1, 0.15) is 11.3 Å². The normalized spacial score (nSPS) is 10.6. The van der Waals surface area contributed by atoms with Gasteiger partial charge in [0, 0.05) is 6.54 Å². The monoisotopic (exact) mass is 404 g/mol. The number of aromatic nitrogens is 2. The lowest BCUT2D eigenvalue weighted by Gasteiger charge is -2.05. The average Bonchev–Trinajstić information content (AvgIpc) is 3.37. The van der Waals surface area contributed by atoms with Gasteiger partial charge >= 0.3 is 0 Å². The van der Waals surface area contributed by atoms with Gasteiger partial charge in [0.25, 0.3) is 0 Å². The Bertz CT molecular complexity index is 835. The van der Waals surface area contributed by atoms with E-state index in [-0.39, 0.29) is 5.91 Å². The summed E-state index contributed by atoms with van der Waals surface area (Å²) < 4.78 is 11.1. The Labute approximate surface area is 165 Å². The number of methoxy groups -OCH3 is 1. The van der Waals surface area contributed by atoms with Gasteiger partial charge in [0.2, 0.25) is 11.0 Å². The number of carbonyl (C=O) groups is 1. The summed E-state index contributed by atoms with van der Waals surface area (Å²) in [5, 5.41) is 14.9. The van der Waals surface area contributed by atoms with Crippen LogP contribution in [0.25, 0.3) is 0 Å². The molecule has 3 aromatic rings. The van der Waals surface area contributed by atoms with Gasteiger partial charge in [0.1, 0.15) is 11.5 Å². The standard InChI is InChI=1S/C18H20N4O3S2/c1-24-14-6-4-13(5-7-14)8-9-19-16(23)12-26-18-22-21-17(27-18)20-11-15-3-2-10-25-15/h2-7,10H,8-9,11-12H2,1H3,(H,19,23)(H,20,21). The molecular formula is C18H20N4O3S2. The highest BCUT2D eigenvalue weighted by Gasteiger charge is 2.08. The molecule has 0 spiro atoms. The molecule has 0 aliphatic carbocycles. The molecule has 9 heteroatoms. The number of hydrogen-bond acceptors (Lipinski definition) is 8. The molecule has 142 valence electrons. The highest BCUT2D eigenvalue weighted by atomic mass is 32.2. The van der Waals surface area contributed by atoms with E-state index < -0.39 is 0 Å². The second-order valence-corrected chi connectivity index (χ2v) is 7.74. The Balaban J connectivity index is 1.33. The zero-order chi connectivity index (χ0) is 18.9. The molecule has 1 aromatic carbocycles. The van der Waals surface area contributed by atoms with Crippen LogP contribution < -0.4 is 15.4 Å². The van der Waals surface area contributed by atoms with Crippen molar-refractivity contribution in [3.8, 4) is 5.75 Å². The maximum atomic E-state index is 12.0. The van der Waals surface area contributed by atoms with Crippen LogP contribution in [0.5, 0.6) is 5.75 Å². The second-order valence-electron chi connectivity index (χ2n) is 5.54. The van der Waals surface area contributed by atoms with Crippen molar-refractivity contribution in [1.82, 2.24) is 15.5 Å². The molecule has 2 N–H and O–H groups in total. The number of anilines is 1. The van der Waals surface area contributed by atoms with E-state index >= 15 is 0 Å². The van der Waals surface area contributed by atoms with E-state index in [4.69, 9.17) is 9.15 Å². The van der Waals surface area contributed by atoms with Gasteiger partial charge in [-0.3, -0.25) is 4.79 Å². The van der Waals surface area contributed by atoms with Crippen molar-refractivity contribution in [2.24, 2.45) is 0 Å². The Morgan fingerprint density at radius 1 is 1.26 bits per heavy atom. The van der Waals surface area contributed by atoms with Crippen LogP contribution in [-0.4, -0.2) is 35.5 Å². The summed E-state index contributed by atoms with van der Waals surface area (Å²) in [4.78, 5) is 12.0. The smallest absolute Gasteiger partial charge is 0.230 e. The van der Waals surface area contributed by atoms with Crippen molar-refractivity contribution in [3.63, 3.8) is 0 Å². The molecule has 0 atom stereocenters. The van der Waals surface area contributed by atoms with E-state index in [1.165, 1.54) is 23.1 Å². The fourth-order valence-corrected chi connectivity index (χ4v) is 3.81. The third-order valence-corrected chi connectivity index (χ3v) is 5.64. The van der Waals surface area contributed by atoms with Crippen LogP contribution in [0.15, 0.2) is 51.4 Å². The minimum Gasteiger partial charge on any atom is -0.497 e. The van der Waals surface area contributed by atoms with Crippen LogP contribution in [-0.2, 0) is 17.8 Å². The molecule has 2 aromatic heterocycles. The first-order valence-corrected chi connectivity index (χ1v) is 10.2. The zero-order valence-electron chi connectivity index (χ0n) is 14.8. The van der Waals surface area contributed by atoms with Gasteiger partial charge in [0.15, 0.2) is 4.34 Å². The number of rotatable bonds is 10. The minimum atomic E-state index is -0.0196. The van der Waals surface area contributed by atoms with Crippen LogP contribution in [0.2, 0.25) is 0 Å². The van der Waals surface area contributed by atoms with E-state index in [0.29, 0.717) is 24.0 Å². The summed E-state index contributed by atoms with van der Waals surface area (Å²) in [6, 6.07) is 11.6. The number of nitrogens with one attached hydrogen (secondary N) is 2. The van der Waals surface area contributed by atoms with Crippen molar-refractivity contribution in [2.45, 2.75) is 17.3 Å². The van der Waals surface area contributed by atoms with Gasteiger partial charge in [-0.25, -0.2) is 0 Å². The number of ether oxygens (including phenoxy) is 1. The minimum absolute atomic E-state index is 0.0196. The Kier molecular flexibility index (Phi) is 7.11. The first-order valence-electron chi connectivity index (χ1n) is 8.35. The molecule has 0 aliphatic heterocycles. The number of nitrogens with zero attached hydrogens (tertiary/aromatic N) is 2. The third kappa shape index (κ3) is 6.30. The van der Waals surface area contributed by atoms with Crippen molar-refractivity contribution >= 4 is 34.1 Å². The second kappa shape index (κ2) is 9.98. The van der Waals surface area contributed by atoms with E-state index in [1.807, 2.05) is 36.4 Å². The fourth-order valence-electron chi connectivity index (χ4n) is 2.23. The first kappa shape index (κ1) is 19.2. The molecule has 1 amide bonds. The molecule has 27 heavy (non-hydrogen) atoms. The molecule has 0 saturated heterocycles. The summed E-state index contributed by atoms with van der Waals surface area (Å²) in [5.41, 5.74) is 1.15. The highest BCUT2D eigenvalue weighted by molar-refractivity contribution is 8.01. The lowest BCUT2D eigenvalue weighted by atomic mass is 10.1. The number of benzene rings is 1. The SMILES string of the molecule is COc1ccc(CCNC(=O)CSc2nnc(NCc3ccco3)s2)cc1. The molecule has 0 saturated carbocycles. The lowest BCUT2D eigenvalue weighted by Crippen LogP contribution is -2.27. The Hall–Kier alpha value is -2.52. The molecule has 0 fully saturated rings. The van der Waals surface area contributed by atoms with Gasteiger partial charge < -0.3 is 19.8 Å². The van der Waals surface area contributed by atoms with Crippen LogP contribution in [0.4, 0.5) is 5.13 Å². The number of hydrogen-bond donors (Lipinski definition) is 2. The van der Waals surface area contributed by atoms with E-state index in [9.17, 15) is 4.79 Å². The largest absolute Gasteiger partial charge is 0.497 e. The van der Waals surface area contributed by atoms with Crippen LogP contribution >= 0.6 is 23.1 Å². The summed E-state index contributed by atoms with van der Waals surface area (Å²) >= 11 is 2.79. The highest BCUT2D eigenvalue weighted by Crippen LogP contribution is 2.25. The Morgan fingerprint density at radius 3 is 2.85 bits per heavy atom. The molecule has 0 unspecified atom stereocenters. The van der Waals surface area contributed by atoms with Gasteiger partial charge in [-0.1, -0.05) is 35.2 Å². The van der Waals surface area contributed by atoms with Gasteiger partial charge in [-0.2, -0.15) is 0 Å². The maximum Gasteiger partial charge on any atom is 0.230 e. The summed E-state index contributed by atoms with van der Waals surface area (Å²) in [5.74, 6) is 1.95. The maximum absolute atomic E-state index is 12.0. The number of furan rings is 1. The van der Waals surface area contributed by atoms with Crippen molar-refractivity contribution in [2.75, 3.05) is 24.7 Å². The topological polar surface area (TPSA) is 89.3 Å². The van der Waals surface area contributed by atoms with Crippen LogP contribution in [0, 0.1) is 0 Å². The van der Waals surface area contributed by atoms with E-state index in [2.05, 4.69) is 20.8 Å². The molecule has 2 heterocycles. The number of thioether (sulfide) groups is 1. The number of amides is 1. The predicted octanol–water partition coefficient (Wildman–Crippen LogP) is 3.20. The molecule has 3 rings (SSSR count). The van der Waals surface area contributed by atoms with Gasteiger partial charge in [-0.05, 0) is 36.2 Å². The van der Waals surface area contributed by atoms with Gasteiger partial charge in [-0.15, -0.1) is 10.2 Å². The summed E-state index contributed by atoms with van der Waals surface area (Å²) in [6.45, 7) is 1.15. The molecule has 0 bridgehead atoms. The molecule has 0 aliphatic rings. The van der Waals surface area contributed by atoms with Crippen LogP contribution in [0.3, 0.4) is 0 Å². The quantitative estimate of drug-likeness (QED) is 0.502. The van der Waals surface area contributed by atoms with Crippen molar-refractivity contribution in [1.29, 1.82) is 0 Å². The molecular weight excluding hydrogens is 384 g/mol. The number of carbonyl (C=O) groups excluding carboxylic acids is 1. The first-order chi connectivity index (χ1) is 13.2. The van der Waals surface area contributed by atoms with Crippen molar-refractivity contribution < 1.29 is 13.9 Å². The Morgan fingerprint density at radius 2 is 2.11 bits per heavy atom. The van der Waals surface area contributed by atoms with E-state index in [0.717, 1.165) is 27.8 Å². The summed E-state index contributed by atoms with van der Waals surface area (Å²) in [7, 11) is 1.64. The van der Waals surface area contributed by atoms with Gasteiger partial charge in [0.05, 0.1) is 25.7 Å². The average molecular weight is 405 g/mol. The fraction of sp³-hybridized carbons (Fsp3) is 0.278. The molecule has 0 radical (unpaired) electrons. The molecule has 7 nitrogen and oxygen atoms in total. The predicted molar refractivity (Wildman–Crippen MR) is 106 cm³/mol. The summed E-state index contributed by atoms with van der Waals surface area (Å²) in [6.07, 6.45) is 2.41. The lowest BCUT2D eigenvalue weighted by molar-refractivity contribution is -0.118. The van der Waals surface area contributed by atoms with Crippen molar-refractivity contribution in [3.05, 3.63) is 54.0 Å². The third-order valence-electron chi connectivity index (χ3n) is 3.62. The van der Waals surface area contributed by atoms with E-state index in [1.54, 1.807) is 13.4 Å². The zero-order valence-corrected chi connectivity index (χ0v) is 16.4.